The number of esters is 1. The number of nitrogens with one attached hydrogen (secondary N) is 1. The lowest BCUT2D eigenvalue weighted by Gasteiger charge is -2.38. The Labute approximate surface area is 252 Å². The van der Waals surface area contributed by atoms with Crippen LogP contribution in [0.1, 0.15) is 35.2 Å². The normalized spacial score (nSPS) is 16.2. The zero-order valence-corrected chi connectivity index (χ0v) is 25.0. The van der Waals surface area contributed by atoms with Crippen molar-refractivity contribution < 1.29 is 36.9 Å². The zero-order valence-electron chi connectivity index (χ0n) is 24.2. The summed E-state index contributed by atoms with van der Waals surface area (Å²) in [5, 5.41) is 3.77. The number of allylic oxidation sites excluding steroid dienone is 1. The Hall–Kier alpha value is -4.38. The van der Waals surface area contributed by atoms with Crippen molar-refractivity contribution in [1.82, 2.24) is 10.2 Å². The molecule has 1 heterocycles. The fraction of sp³-hybridized carbons (Fsp3) is 0.290. The molecule has 1 atom stereocenters. The second-order valence-corrected chi connectivity index (χ2v) is 9.97. The fourth-order valence-corrected chi connectivity index (χ4v) is 5.02. The minimum atomic E-state index is -4.58. The van der Waals surface area contributed by atoms with Gasteiger partial charge in [-0.3, -0.25) is 0 Å². The van der Waals surface area contributed by atoms with Gasteiger partial charge in [0, 0.05) is 10.7 Å². The average Bonchev–Trinajstić information content (AvgIpc) is 3.00. The maximum absolute atomic E-state index is 14.0. The van der Waals surface area contributed by atoms with E-state index in [-0.39, 0.29) is 30.2 Å². The van der Waals surface area contributed by atoms with Gasteiger partial charge in [0.05, 0.1) is 58.7 Å². The Morgan fingerprint density at radius 2 is 1.60 bits per heavy atom. The molecule has 0 aromatic heterocycles. The van der Waals surface area contributed by atoms with Crippen LogP contribution in [0.2, 0.25) is 5.02 Å². The SMILES string of the molecule is COC(=O)C1=C(C)N(Cc2ccccc2C(F)(F)F)C(=NCc2cc(OC)c(OC)c(OC)c2)NC1c1ccc(Cl)cc1. The molecular weight excluding hydrogens is 587 g/mol. The Kier molecular flexibility index (Phi) is 9.75. The van der Waals surface area contributed by atoms with Gasteiger partial charge < -0.3 is 29.2 Å². The number of halogens is 4. The maximum atomic E-state index is 14.0. The summed E-state index contributed by atoms with van der Waals surface area (Å²) in [5.41, 5.74) is 1.19. The molecule has 3 aromatic carbocycles. The number of ether oxygens (including phenoxy) is 4. The fourth-order valence-electron chi connectivity index (χ4n) is 4.90. The van der Waals surface area contributed by atoms with E-state index in [9.17, 15) is 18.0 Å². The highest BCUT2D eigenvalue weighted by atomic mass is 35.5. The Morgan fingerprint density at radius 1 is 0.977 bits per heavy atom. The molecule has 0 aliphatic carbocycles. The minimum Gasteiger partial charge on any atom is -0.493 e. The summed E-state index contributed by atoms with van der Waals surface area (Å²) in [7, 11) is 5.73. The highest BCUT2D eigenvalue weighted by molar-refractivity contribution is 6.30. The predicted molar refractivity (Wildman–Crippen MR) is 156 cm³/mol. The van der Waals surface area contributed by atoms with E-state index >= 15 is 0 Å². The van der Waals surface area contributed by atoms with Crippen LogP contribution in [0, 0.1) is 0 Å². The number of carbonyl (C=O) groups excluding carboxylic acids is 1. The van der Waals surface area contributed by atoms with Crippen LogP contribution in [0.4, 0.5) is 13.2 Å². The van der Waals surface area contributed by atoms with E-state index in [4.69, 9.17) is 35.5 Å². The lowest BCUT2D eigenvalue weighted by Crippen LogP contribution is -2.48. The molecule has 1 N–H and O–H groups in total. The van der Waals surface area contributed by atoms with Crippen molar-refractivity contribution in [2.24, 2.45) is 4.99 Å². The largest absolute Gasteiger partial charge is 0.493 e. The number of rotatable bonds is 9. The number of methoxy groups -OCH3 is 4. The molecule has 0 radical (unpaired) electrons. The van der Waals surface area contributed by atoms with E-state index in [0.29, 0.717) is 39.1 Å². The molecule has 1 aliphatic rings. The molecule has 0 bridgehead atoms. The van der Waals surface area contributed by atoms with Crippen molar-refractivity contribution in [3.63, 3.8) is 0 Å². The molecule has 0 spiro atoms. The van der Waals surface area contributed by atoms with Gasteiger partial charge >= 0.3 is 12.1 Å². The third kappa shape index (κ3) is 6.83. The van der Waals surface area contributed by atoms with Gasteiger partial charge in [0.25, 0.3) is 0 Å². The maximum Gasteiger partial charge on any atom is 0.416 e. The number of nitrogens with zero attached hydrogens (tertiary/aromatic N) is 2. The van der Waals surface area contributed by atoms with E-state index < -0.39 is 23.8 Å². The topological polar surface area (TPSA) is 81.6 Å². The first-order valence-corrected chi connectivity index (χ1v) is 13.5. The Bertz CT molecular complexity index is 1520. The predicted octanol–water partition coefficient (Wildman–Crippen LogP) is 6.53. The summed E-state index contributed by atoms with van der Waals surface area (Å²) in [6.45, 7) is 1.52. The van der Waals surface area contributed by atoms with Crippen molar-refractivity contribution in [1.29, 1.82) is 0 Å². The molecular formula is C31H31ClF3N3O5. The van der Waals surface area contributed by atoms with E-state index in [1.807, 2.05) is 0 Å². The number of carbonyl (C=O) groups is 1. The Balaban J connectivity index is 1.87. The van der Waals surface area contributed by atoms with E-state index in [0.717, 1.165) is 6.07 Å². The first-order valence-electron chi connectivity index (χ1n) is 13.1. The molecule has 1 unspecified atom stereocenters. The Morgan fingerprint density at radius 3 is 2.16 bits per heavy atom. The lowest BCUT2D eigenvalue weighted by molar-refractivity contribution is -0.139. The van der Waals surface area contributed by atoms with Gasteiger partial charge in [-0.25, -0.2) is 9.79 Å². The third-order valence-corrected chi connectivity index (χ3v) is 7.26. The first kappa shape index (κ1) is 31.6. The van der Waals surface area contributed by atoms with Crippen LogP contribution in [0.25, 0.3) is 0 Å². The zero-order chi connectivity index (χ0) is 31.3. The number of alkyl halides is 3. The number of aliphatic imine (C=N–C) groups is 1. The highest BCUT2D eigenvalue weighted by Gasteiger charge is 2.38. The van der Waals surface area contributed by atoms with Crippen LogP contribution in [-0.4, -0.2) is 45.3 Å². The summed E-state index contributed by atoms with van der Waals surface area (Å²) < 4.78 is 63.3. The molecule has 1 aliphatic heterocycles. The number of guanidine groups is 1. The van der Waals surface area contributed by atoms with Crippen molar-refractivity contribution in [2.45, 2.75) is 32.2 Å². The summed E-state index contributed by atoms with van der Waals surface area (Å²) in [6.07, 6.45) is -4.58. The van der Waals surface area contributed by atoms with Crippen LogP contribution in [0.5, 0.6) is 17.2 Å². The van der Waals surface area contributed by atoms with Gasteiger partial charge in [-0.15, -0.1) is 0 Å². The molecule has 43 heavy (non-hydrogen) atoms. The molecule has 4 rings (SSSR count). The third-order valence-electron chi connectivity index (χ3n) is 7.01. The molecule has 0 saturated carbocycles. The van der Waals surface area contributed by atoms with E-state index in [1.54, 1.807) is 48.2 Å². The van der Waals surface area contributed by atoms with Crippen LogP contribution < -0.4 is 19.5 Å². The van der Waals surface area contributed by atoms with Gasteiger partial charge in [0.1, 0.15) is 0 Å². The average molecular weight is 618 g/mol. The number of hydrogen-bond donors (Lipinski definition) is 1. The summed E-state index contributed by atoms with van der Waals surface area (Å²) in [6, 6.07) is 14.9. The van der Waals surface area contributed by atoms with Gasteiger partial charge in [-0.2, -0.15) is 13.2 Å². The van der Waals surface area contributed by atoms with Crippen LogP contribution in [0.15, 0.2) is 76.9 Å². The van der Waals surface area contributed by atoms with Crippen molar-refractivity contribution in [3.8, 4) is 17.2 Å². The monoisotopic (exact) mass is 617 g/mol. The van der Waals surface area contributed by atoms with Gasteiger partial charge in [-0.1, -0.05) is 41.9 Å². The van der Waals surface area contributed by atoms with Crippen LogP contribution in [-0.2, 0) is 28.8 Å². The minimum absolute atomic E-state index is 0.00537. The molecule has 228 valence electrons. The summed E-state index contributed by atoms with van der Waals surface area (Å²) in [5.74, 6) is 0.867. The summed E-state index contributed by atoms with van der Waals surface area (Å²) in [4.78, 5) is 19.4. The lowest BCUT2D eigenvalue weighted by atomic mass is 9.94. The van der Waals surface area contributed by atoms with Crippen LogP contribution >= 0.6 is 11.6 Å². The molecule has 0 saturated heterocycles. The number of hydrogen-bond acceptors (Lipinski definition) is 6. The molecule has 3 aromatic rings. The highest BCUT2D eigenvalue weighted by Crippen LogP contribution is 2.39. The molecule has 0 fully saturated rings. The second kappa shape index (κ2) is 13.3. The molecule has 0 amide bonds. The van der Waals surface area contributed by atoms with E-state index in [1.165, 1.54) is 46.6 Å². The van der Waals surface area contributed by atoms with Gasteiger partial charge in [-0.05, 0) is 53.9 Å². The summed E-state index contributed by atoms with van der Waals surface area (Å²) >= 11 is 6.11. The van der Waals surface area contributed by atoms with Gasteiger partial charge in [0.15, 0.2) is 17.5 Å². The van der Waals surface area contributed by atoms with Crippen molar-refractivity contribution >= 4 is 23.5 Å². The van der Waals surface area contributed by atoms with Crippen molar-refractivity contribution in [2.75, 3.05) is 28.4 Å². The molecule has 8 nitrogen and oxygen atoms in total. The number of benzene rings is 3. The first-order chi connectivity index (χ1) is 20.5. The van der Waals surface area contributed by atoms with E-state index in [2.05, 4.69) is 5.32 Å². The van der Waals surface area contributed by atoms with Gasteiger partial charge in [0.2, 0.25) is 5.75 Å². The quantitative estimate of drug-likeness (QED) is 0.273. The standard InChI is InChI=1S/C31H31ClF3N3O5/c1-18-26(29(39)43-5)27(20-10-12-22(32)13-11-20)37-30(38(18)17-21-8-6-7-9-23(21)31(33,34)35)36-16-19-14-24(40-2)28(42-4)25(15-19)41-3/h6-15,27H,16-17H2,1-5H3,(H,36,37). The van der Waals surface area contributed by atoms with Crippen LogP contribution in [0.3, 0.4) is 0 Å². The van der Waals surface area contributed by atoms with Crippen molar-refractivity contribution in [3.05, 3.63) is 99.2 Å². The smallest absolute Gasteiger partial charge is 0.416 e. The molecule has 12 heteroatoms. The second-order valence-electron chi connectivity index (χ2n) is 9.53.